The molecule has 1 fully saturated rings. The molecule has 0 radical (unpaired) electrons. The van der Waals surface area contributed by atoms with E-state index in [1.54, 1.807) is 25.3 Å². The SMILES string of the molecule is COc1ccccc1NC(=O)c1cc2ccccc2c(CN2CCN(c3ccccc3)CC2)c1O. The van der Waals surface area contributed by atoms with E-state index in [1.165, 1.54) is 5.69 Å². The van der Waals surface area contributed by atoms with Gasteiger partial charge in [-0.25, -0.2) is 0 Å². The van der Waals surface area contributed by atoms with Gasteiger partial charge in [-0.05, 0) is 41.1 Å². The third-order valence-electron chi connectivity index (χ3n) is 6.60. The minimum absolute atomic E-state index is 0.0292. The predicted octanol–water partition coefficient (Wildman–Crippen LogP) is 5.13. The van der Waals surface area contributed by atoms with E-state index in [0.717, 1.165) is 42.5 Å². The van der Waals surface area contributed by atoms with Crippen molar-refractivity contribution in [3.05, 3.63) is 96.1 Å². The van der Waals surface area contributed by atoms with Gasteiger partial charge in [-0.1, -0.05) is 54.6 Å². The fraction of sp³-hybridized carbons (Fsp3) is 0.207. The van der Waals surface area contributed by atoms with Crippen LogP contribution in [0, 0.1) is 0 Å². The lowest BCUT2D eigenvalue weighted by Crippen LogP contribution is -2.46. The molecule has 0 unspecified atom stereocenters. The van der Waals surface area contributed by atoms with Crippen LogP contribution in [0.1, 0.15) is 15.9 Å². The summed E-state index contributed by atoms with van der Waals surface area (Å²) in [4.78, 5) is 18.0. The number of fused-ring (bicyclic) bond motifs is 1. The second-order valence-electron chi connectivity index (χ2n) is 8.73. The molecule has 35 heavy (non-hydrogen) atoms. The summed E-state index contributed by atoms with van der Waals surface area (Å²) in [5, 5.41) is 16.1. The number of benzene rings is 4. The predicted molar refractivity (Wildman–Crippen MR) is 140 cm³/mol. The van der Waals surface area contributed by atoms with Gasteiger partial charge in [0, 0.05) is 44.0 Å². The Bertz CT molecular complexity index is 1330. The van der Waals surface area contributed by atoms with Crippen molar-refractivity contribution in [2.75, 3.05) is 43.5 Å². The van der Waals surface area contributed by atoms with Crippen molar-refractivity contribution in [1.29, 1.82) is 0 Å². The third kappa shape index (κ3) is 4.79. The Kier molecular flexibility index (Phi) is 6.55. The average molecular weight is 468 g/mol. The number of amides is 1. The second-order valence-corrected chi connectivity index (χ2v) is 8.73. The van der Waals surface area contributed by atoms with Crippen LogP contribution in [0.5, 0.6) is 11.5 Å². The number of phenolic OH excluding ortho intramolecular Hbond substituents is 1. The van der Waals surface area contributed by atoms with Gasteiger partial charge in [0.05, 0.1) is 18.4 Å². The Morgan fingerprint density at radius 3 is 2.37 bits per heavy atom. The van der Waals surface area contributed by atoms with E-state index in [0.29, 0.717) is 18.0 Å². The molecule has 0 spiro atoms. The standard InChI is InChI=1S/C29H29N3O3/c1-35-27-14-8-7-13-26(27)30-29(34)24-19-21-9-5-6-12-23(21)25(28(24)33)20-31-15-17-32(18-16-31)22-10-3-2-4-11-22/h2-14,19,33H,15-18,20H2,1H3,(H,30,34). The van der Waals surface area contributed by atoms with Crippen LogP contribution in [0.25, 0.3) is 10.8 Å². The molecule has 178 valence electrons. The van der Waals surface area contributed by atoms with Crippen LogP contribution in [-0.4, -0.2) is 49.2 Å². The zero-order valence-electron chi connectivity index (χ0n) is 19.8. The number of ether oxygens (including phenoxy) is 1. The number of para-hydroxylation sites is 3. The van der Waals surface area contributed by atoms with Crippen LogP contribution in [0.3, 0.4) is 0 Å². The van der Waals surface area contributed by atoms with Crippen molar-refractivity contribution in [2.24, 2.45) is 0 Å². The van der Waals surface area contributed by atoms with Crippen molar-refractivity contribution < 1.29 is 14.6 Å². The van der Waals surface area contributed by atoms with E-state index in [-0.39, 0.29) is 17.2 Å². The van der Waals surface area contributed by atoms with Crippen LogP contribution in [0.15, 0.2) is 84.9 Å². The van der Waals surface area contributed by atoms with Gasteiger partial charge in [0.25, 0.3) is 5.91 Å². The van der Waals surface area contributed by atoms with Gasteiger partial charge in [0.2, 0.25) is 0 Å². The summed E-state index contributed by atoms with van der Waals surface area (Å²) < 4.78 is 5.36. The van der Waals surface area contributed by atoms with E-state index < -0.39 is 0 Å². The number of hydrogen-bond acceptors (Lipinski definition) is 5. The van der Waals surface area contributed by atoms with Crippen molar-refractivity contribution in [3.63, 3.8) is 0 Å². The molecule has 0 bridgehead atoms. The first-order valence-corrected chi connectivity index (χ1v) is 11.8. The molecule has 6 heteroatoms. The van der Waals surface area contributed by atoms with Crippen LogP contribution in [0.2, 0.25) is 0 Å². The fourth-order valence-electron chi connectivity index (χ4n) is 4.71. The summed E-state index contributed by atoms with van der Waals surface area (Å²) in [5.41, 5.74) is 2.83. The highest BCUT2D eigenvalue weighted by Gasteiger charge is 2.23. The van der Waals surface area contributed by atoms with Crippen molar-refractivity contribution >= 4 is 28.1 Å². The zero-order chi connectivity index (χ0) is 24.2. The monoisotopic (exact) mass is 467 g/mol. The molecule has 0 atom stereocenters. The highest BCUT2D eigenvalue weighted by molar-refractivity contribution is 6.10. The number of rotatable bonds is 6. The molecule has 5 rings (SSSR count). The largest absolute Gasteiger partial charge is 0.507 e. The molecule has 6 nitrogen and oxygen atoms in total. The maximum absolute atomic E-state index is 13.2. The van der Waals surface area contributed by atoms with E-state index in [2.05, 4.69) is 39.4 Å². The number of nitrogens with one attached hydrogen (secondary N) is 1. The molecular weight excluding hydrogens is 438 g/mol. The smallest absolute Gasteiger partial charge is 0.259 e. The second kappa shape index (κ2) is 10.1. The Hall–Kier alpha value is -4.03. The summed E-state index contributed by atoms with van der Waals surface area (Å²) in [6.45, 7) is 4.15. The van der Waals surface area contributed by atoms with Crippen molar-refractivity contribution in [2.45, 2.75) is 6.54 Å². The molecule has 0 aromatic heterocycles. The summed E-state index contributed by atoms with van der Waals surface area (Å²) >= 11 is 0. The molecule has 0 saturated carbocycles. The van der Waals surface area contributed by atoms with Gasteiger partial charge in [-0.3, -0.25) is 9.69 Å². The summed E-state index contributed by atoms with van der Waals surface area (Å²) in [6, 6.07) is 27.3. The van der Waals surface area contributed by atoms with Gasteiger partial charge >= 0.3 is 0 Å². The van der Waals surface area contributed by atoms with Gasteiger partial charge in [0.15, 0.2) is 0 Å². The lowest BCUT2D eigenvalue weighted by Gasteiger charge is -2.36. The summed E-state index contributed by atoms with van der Waals surface area (Å²) in [5.74, 6) is 0.229. The Morgan fingerprint density at radius 2 is 1.60 bits per heavy atom. The Labute approximate surface area is 205 Å². The molecule has 1 aliphatic rings. The number of hydrogen-bond donors (Lipinski definition) is 2. The van der Waals surface area contributed by atoms with Crippen LogP contribution >= 0.6 is 0 Å². The van der Waals surface area contributed by atoms with Crippen molar-refractivity contribution in [1.82, 2.24) is 4.90 Å². The van der Waals surface area contributed by atoms with Crippen LogP contribution < -0.4 is 15.0 Å². The normalized spacial score (nSPS) is 14.1. The van der Waals surface area contributed by atoms with Crippen LogP contribution in [0.4, 0.5) is 11.4 Å². The topological polar surface area (TPSA) is 65.0 Å². The quantitative estimate of drug-likeness (QED) is 0.412. The minimum Gasteiger partial charge on any atom is -0.507 e. The third-order valence-corrected chi connectivity index (χ3v) is 6.60. The zero-order valence-corrected chi connectivity index (χ0v) is 19.8. The summed E-state index contributed by atoms with van der Waals surface area (Å²) in [7, 11) is 1.56. The maximum atomic E-state index is 13.2. The Morgan fingerprint density at radius 1 is 0.914 bits per heavy atom. The lowest BCUT2D eigenvalue weighted by molar-refractivity contribution is 0.102. The molecule has 4 aromatic rings. The van der Waals surface area contributed by atoms with E-state index in [9.17, 15) is 9.90 Å². The molecule has 2 N–H and O–H groups in total. The first-order valence-electron chi connectivity index (χ1n) is 11.8. The number of phenols is 1. The number of carbonyl (C=O) groups excluding carboxylic acids is 1. The molecule has 0 aliphatic carbocycles. The number of anilines is 2. The fourth-order valence-corrected chi connectivity index (χ4v) is 4.71. The highest BCUT2D eigenvalue weighted by Crippen LogP contribution is 2.34. The van der Waals surface area contributed by atoms with Gasteiger partial charge < -0.3 is 20.1 Å². The van der Waals surface area contributed by atoms with E-state index in [1.807, 2.05) is 42.5 Å². The lowest BCUT2D eigenvalue weighted by atomic mass is 9.98. The van der Waals surface area contributed by atoms with E-state index in [4.69, 9.17) is 4.74 Å². The Balaban J connectivity index is 1.40. The number of methoxy groups -OCH3 is 1. The minimum atomic E-state index is -0.368. The number of nitrogens with zero attached hydrogens (tertiary/aromatic N) is 2. The van der Waals surface area contributed by atoms with E-state index >= 15 is 0 Å². The first-order chi connectivity index (χ1) is 17.1. The van der Waals surface area contributed by atoms with Gasteiger partial charge in [-0.2, -0.15) is 0 Å². The van der Waals surface area contributed by atoms with Gasteiger partial charge in [-0.15, -0.1) is 0 Å². The molecule has 1 saturated heterocycles. The first kappa shape index (κ1) is 22.7. The molecular formula is C29H29N3O3. The summed E-state index contributed by atoms with van der Waals surface area (Å²) in [6.07, 6.45) is 0. The molecule has 1 amide bonds. The molecule has 1 heterocycles. The van der Waals surface area contributed by atoms with Crippen LogP contribution in [-0.2, 0) is 6.54 Å². The number of aromatic hydroxyl groups is 1. The van der Waals surface area contributed by atoms with Gasteiger partial charge in [0.1, 0.15) is 11.5 Å². The molecule has 4 aromatic carbocycles. The highest BCUT2D eigenvalue weighted by atomic mass is 16.5. The number of carbonyl (C=O) groups is 1. The maximum Gasteiger partial charge on any atom is 0.259 e. The average Bonchev–Trinajstić information content (AvgIpc) is 2.91. The number of piperazine rings is 1. The molecule has 1 aliphatic heterocycles. The van der Waals surface area contributed by atoms with Crippen molar-refractivity contribution in [3.8, 4) is 11.5 Å².